The summed E-state index contributed by atoms with van der Waals surface area (Å²) in [5.74, 6) is -8.14. The van der Waals surface area contributed by atoms with Gasteiger partial charge in [0.2, 0.25) is 5.78 Å². The Labute approximate surface area is 181 Å². The predicted octanol–water partition coefficient (Wildman–Crippen LogP) is 0.0866. The van der Waals surface area contributed by atoms with E-state index in [0.717, 1.165) is 0 Å². The highest BCUT2D eigenvalue weighted by atomic mass is 16.4. The van der Waals surface area contributed by atoms with E-state index in [0.29, 0.717) is 11.3 Å². The average Bonchev–Trinajstić information content (AvgIpc) is 2.70. The number of benzene rings is 1. The number of fused-ring (bicyclic) bond motifs is 3. The first kappa shape index (κ1) is 21.4. The molecule has 0 saturated heterocycles. The van der Waals surface area contributed by atoms with Crippen LogP contribution in [0, 0.1) is 11.8 Å². The fourth-order valence-corrected chi connectivity index (χ4v) is 5.01. The van der Waals surface area contributed by atoms with Gasteiger partial charge in [0.25, 0.3) is 5.91 Å². The molecule has 0 saturated carbocycles. The van der Waals surface area contributed by atoms with Gasteiger partial charge in [0, 0.05) is 25.4 Å². The van der Waals surface area contributed by atoms with E-state index >= 15 is 0 Å². The van der Waals surface area contributed by atoms with Crippen molar-refractivity contribution in [3.63, 3.8) is 0 Å². The molecule has 4 rings (SSSR count). The summed E-state index contributed by atoms with van der Waals surface area (Å²) in [4.78, 5) is 39.8. The molecule has 1 amide bonds. The molecular weight excluding hydrogens is 422 g/mol. The van der Waals surface area contributed by atoms with Gasteiger partial charge in [0.15, 0.2) is 17.1 Å². The van der Waals surface area contributed by atoms with Crippen LogP contribution in [0.1, 0.15) is 22.3 Å². The molecule has 0 heterocycles. The maximum atomic E-state index is 13.4. The highest BCUT2D eigenvalue weighted by Gasteiger charge is 2.62. The number of ketones is 2. The summed E-state index contributed by atoms with van der Waals surface area (Å²) in [6.45, 7) is 0. The number of carbonyl (C=O) groups is 3. The van der Waals surface area contributed by atoms with Crippen LogP contribution in [0.25, 0.3) is 0 Å². The molecule has 0 fully saturated rings. The monoisotopic (exact) mass is 443 g/mol. The van der Waals surface area contributed by atoms with Gasteiger partial charge >= 0.3 is 0 Å². The number of nitrogens with zero attached hydrogens (tertiary/aromatic N) is 2. The number of allylic oxidation sites excluding steroid dienone is 2. The lowest BCUT2D eigenvalue weighted by Gasteiger charge is -2.45. The van der Waals surface area contributed by atoms with E-state index in [1.165, 1.54) is 6.07 Å². The highest BCUT2D eigenvalue weighted by Crippen LogP contribution is 2.51. The summed E-state index contributed by atoms with van der Waals surface area (Å²) in [6, 6.07) is 2.96. The van der Waals surface area contributed by atoms with E-state index in [9.17, 15) is 40.0 Å². The second-order valence-corrected chi connectivity index (χ2v) is 8.30. The number of carbonyl (C=O) groups excluding carboxylic acids is 3. The Bertz CT molecular complexity index is 1200. The second kappa shape index (κ2) is 6.82. The third kappa shape index (κ3) is 2.51. The molecule has 3 aliphatic rings. The van der Waals surface area contributed by atoms with Crippen molar-refractivity contribution in [3.05, 3.63) is 45.9 Å². The van der Waals surface area contributed by atoms with Crippen LogP contribution >= 0.6 is 0 Å². The molecule has 11 nitrogen and oxygen atoms in total. The van der Waals surface area contributed by atoms with Crippen LogP contribution in [0.3, 0.4) is 0 Å². The molecule has 168 valence electrons. The van der Waals surface area contributed by atoms with Crippen LogP contribution in [0.4, 0.5) is 5.69 Å². The van der Waals surface area contributed by atoms with E-state index in [2.05, 4.69) is 5.16 Å². The maximum absolute atomic E-state index is 13.4. The van der Waals surface area contributed by atoms with E-state index in [-0.39, 0.29) is 29.7 Å². The van der Waals surface area contributed by atoms with Crippen molar-refractivity contribution in [2.45, 2.75) is 18.4 Å². The summed E-state index contributed by atoms with van der Waals surface area (Å²) in [7, 11) is 3.51. The summed E-state index contributed by atoms with van der Waals surface area (Å²) in [5.41, 5.74) is 1.44. The largest absolute Gasteiger partial charge is 0.508 e. The number of hydrogen-bond donors (Lipinski definition) is 6. The minimum Gasteiger partial charge on any atom is -0.508 e. The molecule has 3 aliphatic carbocycles. The van der Waals surface area contributed by atoms with Gasteiger partial charge in [0.1, 0.15) is 22.8 Å². The number of anilines is 1. The van der Waals surface area contributed by atoms with E-state index in [4.69, 9.17) is 5.73 Å². The Morgan fingerprint density at radius 3 is 2.44 bits per heavy atom. The third-order valence-electron chi connectivity index (χ3n) is 6.46. The molecule has 3 atom stereocenters. The number of hydrogen-bond acceptors (Lipinski definition) is 10. The van der Waals surface area contributed by atoms with Crippen molar-refractivity contribution in [2.75, 3.05) is 19.0 Å². The van der Waals surface area contributed by atoms with Crippen LogP contribution in [0.2, 0.25) is 0 Å². The topological polar surface area (TPSA) is 194 Å². The van der Waals surface area contributed by atoms with Crippen LogP contribution in [0.5, 0.6) is 5.75 Å². The van der Waals surface area contributed by atoms with Gasteiger partial charge in [-0.3, -0.25) is 14.4 Å². The van der Waals surface area contributed by atoms with E-state index in [1.807, 2.05) is 0 Å². The Balaban J connectivity index is 1.99. The van der Waals surface area contributed by atoms with Gasteiger partial charge in [-0.15, -0.1) is 0 Å². The Morgan fingerprint density at radius 2 is 1.88 bits per heavy atom. The van der Waals surface area contributed by atoms with Crippen LogP contribution in [0.15, 0.2) is 40.0 Å². The minimum atomic E-state index is -2.86. The number of Topliss-reactive ketones (excluding diaryl/α,β-unsaturated/α-hetero) is 2. The van der Waals surface area contributed by atoms with Crippen molar-refractivity contribution in [1.29, 1.82) is 0 Å². The van der Waals surface area contributed by atoms with Crippen molar-refractivity contribution in [3.8, 4) is 5.75 Å². The average molecular weight is 443 g/mol. The number of nitrogens with two attached hydrogens (primary N) is 1. The summed E-state index contributed by atoms with van der Waals surface area (Å²) in [6.07, 6.45) is -0.0279. The van der Waals surface area contributed by atoms with Gasteiger partial charge in [-0.25, -0.2) is 0 Å². The normalized spacial score (nSPS) is 28.4. The lowest BCUT2D eigenvalue weighted by molar-refractivity contribution is -0.139. The molecule has 0 radical (unpaired) electrons. The minimum absolute atomic E-state index is 0.0659. The Morgan fingerprint density at radius 1 is 1.22 bits per heavy atom. The number of rotatable bonds is 2. The molecule has 0 aromatic heterocycles. The molecule has 1 aromatic carbocycles. The maximum Gasteiger partial charge on any atom is 0.256 e. The summed E-state index contributed by atoms with van der Waals surface area (Å²) >= 11 is 0. The van der Waals surface area contributed by atoms with Crippen molar-refractivity contribution < 1.29 is 40.0 Å². The van der Waals surface area contributed by atoms with Crippen molar-refractivity contribution in [2.24, 2.45) is 22.7 Å². The number of phenolic OH excluding ortho intramolecular Hbond substituents is 1. The quantitative estimate of drug-likeness (QED) is 0.208. The number of primary amides is 1. The van der Waals surface area contributed by atoms with E-state index in [1.54, 1.807) is 25.1 Å². The number of aliphatic hydroxyl groups is 3. The fourth-order valence-electron chi connectivity index (χ4n) is 5.01. The molecule has 1 aromatic rings. The first-order valence-electron chi connectivity index (χ1n) is 9.69. The molecule has 0 aliphatic heterocycles. The lowest BCUT2D eigenvalue weighted by atomic mass is 9.59. The number of amides is 1. The first-order valence-corrected chi connectivity index (χ1v) is 9.69. The van der Waals surface area contributed by atoms with Crippen molar-refractivity contribution in [1.82, 2.24) is 0 Å². The first-order chi connectivity index (χ1) is 15.0. The SMILES string of the molecule is CN(C)c1ccc(O)c2c1CC1CC3/C(=N/O)C(O)=C(C(N)=O)C(=O)C3(O)C(O)=C1C2=O. The van der Waals surface area contributed by atoms with Crippen LogP contribution < -0.4 is 10.6 Å². The third-order valence-corrected chi connectivity index (χ3v) is 6.46. The van der Waals surface area contributed by atoms with Crippen LogP contribution in [-0.2, 0) is 16.0 Å². The zero-order valence-electron chi connectivity index (χ0n) is 17.2. The van der Waals surface area contributed by atoms with Crippen molar-refractivity contribution >= 4 is 28.9 Å². The summed E-state index contributed by atoms with van der Waals surface area (Å²) < 4.78 is 0. The molecule has 32 heavy (non-hydrogen) atoms. The zero-order chi connectivity index (χ0) is 23.7. The molecule has 0 spiro atoms. The standard InChI is InChI=1S/C21H21N3O8/c1-24(2)10-3-4-11(25)13-8(10)5-7-6-9-15(23-32)17(27)14(20(22)30)19(29)21(9,31)18(28)12(7)16(13)26/h3-4,7,9,25,27-28,31-32H,5-6H2,1-2H3,(H2,22,30)/b23-15-. The Hall–Kier alpha value is -3.86. The van der Waals surface area contributed by atoms with Gasteiger partial charge < -0.3 is 36.3 Å². The molecule has 11 heteroatoms. The number of aliphatic hydroxyl groups excluding tert-OH is 2. The van der Waals surface area contributed by atoms with Crippen LogP contribution in [-0.4, -0.2) is 68.5 Å². The van der Waals surface area contributed by atoms with Gasteiger partial charge in [0.05, 0.1) is 11.5 Å². The van der Waals surface area contributed by atoms with Gasteiger partial charge in [-0.05, 0) is 36.5 Å². The molecule has 7 N–H and O–H groups in total. The predicted molar refractivity (Wildman–Crippen MR) is 110 cm³/mol. The second-order valence-electron chi connectivity index (χ2n) is 8.30. The number of oxime groups is 1. The lowest BCUT2D eigenvalue weighted by Crippen LogP contribution is -2.60. The summed E-state index contributed by atoms with van der Waals surface area (Å²) in [5, 5.41) is 55.3. The highest BCUT2D eigenvalue weighted by molar-refractivity contribution is 6.31. The number of aromatic hydroxyl groups is 1. The smallest absolute Gasteiger partial charge is 0.256 e. The van der Waals surface area contributed by atoms with Gasteiger partial charge in [-0.2, -0.15) is 0 Å². The Kier molecular flexibility index (Phi) is 4.56. The van der Waals surface area contributed by atoms with E-state index < -0.39 is 57.7 Å². The molecule has 3 unspecified atom stereocenters. The molecular formula is C21H21N3O8. The van der Waals surface area contributed by atoms with Gasteiger partial charge in [-0.1, -0.05) is 5.16 Å². The fraction of sp³-hybridized carbons (Fsp3) is 0.333. The zero-order valence-corrected chi connectivity index (χ0v) is 17.2. The molecule has 0 bridgehead atoms. The number of phenols is 1.